The van der Waals surface area contributed by atoms with Gasteiger partial charge in [0.2, 0.25) is 0 Å². The van der Waals surface area contributed by atoms with Crippen LogP contribution in [0.5, 0.6) is 5.75 Å². The molecule has 0 bridgehead atoms. The van der Waals surface area contributed by atoms with Crippen LogP contribution in [0.2, 0.25) is 10.0 Å². The van der Waals surface area contributed by atoms with Gasteiger partial charge in [-0.05, 0) is 53.4 Å². The minimum Gasteiger partial charge on any atom is -0.495 e. The number of anilines is 1. The van der Waals surface area contributed by atoms with Crippen LogP contribution in [0.1, 0.15) is 49.9 Å². The minimum absolute atomic E-state index is 0.0828. The predicted molar refractivity (Wildman–Crippen MR) is 118 cm³/mol. The standard InChI is InChI=1S/C23H19Cl2N3O2/c1-11-14(9-26)21(20-13-7-12(24)8-15(25)19(13)20)22-16(27-11)10-28(23(22)29)17-5-3-4-6-18(17)30-2/h3-8,20H,9-10,26H2,1-2H3. The van der Waals surface area contributed by atoms with E-state index in [9.17, 15) is 4.79 Å². The Balaban J connectivity index is 1.68. The third kappa shape index (κ3) is 2.73. The molecule has 1 atom stereocenters. The van der Waals surface area contributed by atoms with Crippen molar-refractivity contribution in [1.82, 2.24) is 4.98 Å². The molecule has 0 saturated carbocycles. The first-order valence-electron chi connectivity index (χ1n) is 9.62. The third-order valence-electron chi connectivity index (χ3n) is 5.90. The molecule has 0 radical (unpaired) electrons. The molecule has 7 heteroatoms. The number of hydrogen-bond donors (Lipinski definition) is 1. The van der Waals surface area contributed by atoms with Crippen LogP contribution in [0.15, 0.2) is 36.4 Å². The first-order chi connectivity index (χ1) is 14.5. The lowest BCUT2D eigenvalue weighted by Gasteiger charge is -2.18. The number of hydrogen-bond acceptors (Lipinski definition) is 4. The number of carbonyl (C=O) groups excluding carboxylic acids is 1. The number of ether oxygens (including phenoxy) is 1. The third-order valence-corrected chi connectivity index (χ3v) is 6.43. The Bertz CT molecular complexity index is 1230. The molecule has 2 aromatic carbocycles. The molecule has 1 aromatic heterocycles. The maximum Gasteiger partial charge on any atom is 0.261 e. The van der Waals surface area contributed by atoms with Crippen molar-refractivity contribution in [1.29, 1.82) is 0 Å². The first-order valence-corrected chi connectivity index (χ1v) is 10.4. The van der Waals surface area contributed by atoms with Gasteiger partial charge in [-0.2, -0.15) is 0 Å². The van der Waals surface area contributed by atoms with E-state index in [0.717, 1.165) is 39.3 Å². The predicted octanol–water partition coefficient (Wildman–Crippen LogP) is 4.82. The van der Waals surface area contributed by atoms with Gasteiger partial charge in [0.05, 0.1) is 30.6 Å². The van der Waals surface area contributed by atoms with Crippen molar-refractivity contribution in [3.8, 4) is 5.75 Å². The van der Waals surface area contributed by atoms with Crippen LogP contribution in [0, 0.1) is 6.92 Å². The summed E-state index contributed by atoms with van der Waals surface area (Å²) in [5.41, 5.74) is 12.9. The lowest BCUT2D eigenvalue weighted by Crippen LogP contribution is -2.24. The van der Waals surface area contributed by atoms with Crippen LogP contribution >= 0.6 is 23.2 Å². The summed E-state index contributed by atoms with van der Waals surface area (Å²) in [4.78, 5) is 20.1. The van der Waals surface area contributed by atoms with E-state index >= 15 is 0 Å². The molecule has 0 fully saturated rings. The Labute approximate surface area is 184 Å². The zero-order valence-electron chi connectivity index (χ0n) is 16.5. The number of nitrogens with zero attached hydrogens (tertiary/aromatic N) is 2. The van der Waals surface area contributed by atoms with Gasteiger partial charge in [-0.25, -0.2) is 0 Å². The number of nitrogens with two attached hydrogens (primary N) is 1. The quantitative estimate of drug-likeness (QED) is 0.494. The summed E-state index contributed by atoms with van der Waals surface area (Å²) in [6, 6.07) is 11.1. The molecular weight excluding hydrogens is 421 g/mol. The van der Waals surface area contributed by atoms with Gasteiger partial charge in [-0.15, -0.1) is 0 Å². The van der Waals surface area contributed by atoms with Gasteiger partial charge in [0, 0.05) is 28.2 Å². The van der Waals surface area contributed by atoms with Gasteiger partial charge in [0.25, 0.3) is 5.91 Å². The summed E-state index contributed by atoms with van der Waals surface area (Å²) in [7, 11) is 1.60. The summed E-state index contributed by atoms with van der Waals surface area (Å²) in [5, 5.41) is 1.20. The van der Waals surface area contributed by atoms with Crippen LogP contribution in [0.3, 0.4) is 0 Å². The molecule has 1 aliphatic heterocycles. The maximum atomic E-state index is 13.6. The van der Waals surface area contributed by atoms with E-state index in [1.54, 1.807) is 18.1 Å². The van der Waals surface area contributed by atoms with Crippen LogP contribution in [0.25, 0.3) is 0 Å². The highest BCUT2D eigenvalue weighted by Crippen LogP contribution is 2.56. The van der Waals surface area contributed by atoms with Crippen molar-refractivity contribution in [2.45, 2.75) is 25.9 Å². The molecule has 2 N–H and O–H groups in total. The fourth-order valence-electron chi connectivity index (χ4n) is 4.52. The number of aromatic nitrogens is 1. The largest absolute Gasteiger partial charge is 0.495 e. The van der Waals surface area contributed by atoms with Crippen LogP contribution in [-0.4, -0.2) is 18.0 Å². The van der Waals surface area contributed by atoms with E-state index in [-0.39, 0.29) is 11.8 Å². The van der Waals surface area contributed by atoms with Crippen LogP contribution < -0.4 is 15.4 Å². The normalized spacial score (nSPS) is 16.5. The molecule has 3 aromatic rings. The molecule has 5 nitrogen and oxygen atoms in total. The molecule has 0 saturated heterocycles. The summed E-state index contributed by atoms with van der Waals surface area (Å²) in [6.07, 6.45) is 0. The van der Waals surface area contributed by atoms with E-state index in [1.807, 2.05) is 37.3 Å². The number of amides is 1. The van der Waals surface area contributed by atoms with Gasteiger partial charge in [-0.3, -0.25) is 14.7 Å². The van der Waals surface area contributed by atoms with Gasteiger partial charge >= 0.3 is 0 Å². The Kier molecular flexibility index (Phi) is 4.51. The fraction of sp³-hybridized carbons (Fsp3) is 0.217. The smallest absolute Gasteiger partial charge is 0.261 e. The van der Waals surface area contributed by atoms with E-state index in [0.29, 0.717) is 34.4 Å². The SMILES string of the molecule is COc1ccccc1N1Cc2nc(C)c(CN)c(C3c4cc(Cl)cc(Cl)c43)c2C1=O. The average molecular weight is 440 g/mol. The highest BCUT2D eigenvalue weighted by Gasteiger charge is 2.45. The Morgan fingerprint density at radius 2 is 2.00 bits per heavy atom. The number of fused-ring (bicyclic) bond motifs is 2. The van der Waals surface area contributed by atoms with Crippen molar-refractivity contribution < 1.29 is 9.53 Å². The van der Waals surface area contributed by atoms with Crippen molar-refractivity contribution in [2.75, 3.05) is 12.0 Å². The van der Waals surface area contributed by atoms with Crippen LogP contribution in [-0.2, 0) is 13.1 Å². The highest BCUT2D eigenvalue weighted by molar-refractivity contribution is 6.36. The molecule has 2 aliphatic rings. The second kappa shape index (κ2) is 6.98. The highest BCUT2D eigenvalue weighted by atomic mass is 35.5. The second-order valence-electron chi connectivity index (χ2n) is 7.50. The maximum absolute atomic E-state index is 13.6. The number of aryl methyl sites for hydroxylation is 1. The Morgan fingerprint density at radius 1 is 1.23 bits per heavy atom. The van der Waals surface area contributed by atoms with Gasteiger partial charge in [-0.1, -0.05) is 35.3 Å². The average Bonchev–Trinajstić information content (AvgIpc) is 3.35. The molecule has 152 valence electrons. The number of methoxy groups -OCH3 is 1. The summed E-state index contributed by atoms with van der Waals surface area (Å²) in [6.45, 7) is 2.61. The van der Waals surface area contributed by atoms with Crippen molar-refractivity contribution >= 4 is 34.8 Å². The molecule has 1 amide bonds. The minimum atomic E-state index is -0.105. The summed E-state index contributed by atoms with van der Waals surface area (Å²) in [5.74, 6) is 0.452. The Hall–Kier alpha value is -2.60. The molecule has 1 aliphatic carbocycles. The van der Waals surface area contributed by atoms with Gasteiger partial charge in [0.15, 0.2) is 0 Å². The molecule has 0 spiro atoms. The van der Waals surface area contributed by atoms with Gasteiger partial charge in [0.1, 0.15) is 5.75 Å². The number of rotatable bonds is 4. The lowest BCUT2D eigenvalue weighted by atomic mass is 9.93. The second-order valence-corrected chi connectivity index (χ2v) is 8.35. The van der Waals surface area contributed by atoms with Gasteiger partial charge < -0.3 is 10.5 Å². The number of halogens is 2. The van der Waals surface area contributed by atoms with E-state index in [4.69, 9.17) is 38.7 Å². The number of benzene rings is 2. The van der Waals surface area contributed by atoms with E-state index < -0.39 is 0 Å². The summed E-state index contributed by atoms with van der Waals surface area (Å²) < 4.78 is 5.48. The van der Waals surface area contributed by atoms with Crippen LogP contribution in [0.4, 0.5) is 5.69 Å². The molecular formula is C23H19Cl2N3O2. The lowest BCUT2D eigenvalue weighted by molar-refractivity contribution is 0.0995. The van der Waals surface area contributed by atoms with Crippen molar-refractivity contribution in [2.24, 2.45) is 5.73 Å². The number of carbonyl (C=O) groups is 1. The van der Waals surface area contributed by atoms with Crippen molar-refractivity contribution in [3.63, 3.8) is 0 Å². The zero-order valence-corrected chi connectivity index (χ0v) is 18.0. The molecule has 1 unspecified atom stereocenters. The number of para-hydroxylation sites is 2. The first kappa shape index (κ1) is 19.4. The monoisotopic (exact) mass is 439 g/mol. The molecule has 5 rings (SSSR count). The van der Waals surface area contributed by atoms with E-state index in [2.05, 4.69) is 0 Å². The van der Waals surface area contributed by atoms with Crippen molar-refractivity contribution in [3.05, 3.63) is 85.6 Å². The molecule has 2 heterocycles. The fourth-order valence-corrected chi connectivity index (χ4v) is 5.14. The Morgan fingerprint density at radius 3 is 2.73 bits per heavy atom. The van der Waals surface area contributed by atoms with E-state index in [1.165, 1.54) is 0 Å². The zero-order chi connectivity index (χ0) is 21.2. The topological polar surface area (TPSA) is 68.4 Å². The number of pyridine rings is 1. The molecule has 30 heavy (non-hydrogen) atoms. The summed E-state index contributed by atoms with van der Waals surface area (Å²) >= 11 is 12.7.